The molecule has 0 saturated carbocycles. The van der Waals surface area contributed by atoms with Gasteiger partial charge in [0.2, 0.25) is 0 Å². The average Bonchev–Trinajstić information content (AvgIpc) is 3.02. The largest absolute Gasteiger partial charge is 0.448 e. The van der Waals surface area contributed by atoms with Crippen molar-refractivity contribution < 1.29 is 9.21 Å². The number of oxazole rings is 1. The topological polar surface area (TPSA) is 94.4 Å². The molecule has 2 N–H and O–H groups in total. The van der Waals surface area contributed by atoms with E-state index in [1.165, 1.54) is 6.26 Å². The second kappa shape index (κ2) is 6.87. The summed E-state index contributed by atoms with van der Waals surface area (Å²) in [5, 5.41) is 0.583. The highest BCUT2D eigenvalue weighted by Gasteiger charge is 2.39. The Balaban J connectivity index is 1.84. The van der Waals surface area contributed by atoms with Gasteiger partial charge in [-0.3, -0.25) is 14.8 Å². The van der Waals surface area contributed by atoms with Crippen molar-refractivity contribution in [3.8, 4) is 0 Å². The average molecular weight is 372 g/mol. The Hall–Kier alpha value is -2.15. The maximum Gasteiger partial charge on any atom is 0.194 e. The Morgan fingerprint density at radius 1 is 1.35 bits per heavy atom. The van der Waals surface area contributed by atoms with Crippen molar-refractivity contribution in [3.05, 3.63) is 47.4 Å². The summed E-state index contributed by atoms with van der Waals surface area (Å²) in [6.07, 6.45) is 6.67. The molecule has 0 amide bonds. The van der Waals surface area contributed by atoms with Gasteiger partial charge in [0, 0.05) is 30.0 Å². The molecule has 3 rings (SSSR count). The number of thioether (sulfide) groups is 1. The molecular weight excluding hydrogens is 348 g/mol. The van der Waals surface area contributed by atoms with Crippen LogP contribution >= 0.6 is 11.8 Å². The Morgan fingerprint density at radius 2 is 2.12 bits per heavy atom. The predicted molar refractivity (Wildman–Crippen MR) is 103 cm³/mol. The molecule has 0 spiro atoms. The highest BCUT2D eigenvalue weighted by atomic mass is 32.2. The summed E-state index contributed by atoms with van der Waals surface area (Å²) >= 11 is 1.59. The van der Waals surface area contributed by atoms with E-state index >= 15 is 0 Å². The van der Waals surface area contributed by atoms with Crippen LogP contribution in [0, 0.1) is 0 Å². The van der Waals surface area contributed by atoms with E-state index in [9.17, 15) is 4.79 Å². The standard InChI is InChI=1S/C19H24N4O2S/c1-5-16-22-14(10-25-16)15(24)7-12-6-13(9-21-8-12)19(4)11-18(2,3)26-17(20)23-19/h6,8-10H,5,7,11H2,1-4H3,(H2,20,23)/t19-/m0/s1. The summed E-state index contributed by atoms with van der Waals surface area (Å²) in [5.74, 6) is 0.486. The molecule has 7 heteroatoms. The second-order valence-corrected chi connectivity index (χ2v) is 9.15. The third-order valence-electron chi connectivity index (χ3n) is 4.43. The Labute approximate surface area is 157 Å². The zero-order valence-corrected chi connectivity index (χ0v) is 16.4. The molecule has 3 heterocycles. The van der Waals surface area contributed by atoms with Crippen LogP contribution in [0.1, 0.15) is 61.6 Å². The molecule has 0 radical (unpaired) electrons. The van der Waals surface area contributed by atoms with Gasteiger partial charge in [0.15, 0.2) is 16.8 Å². The van der Waals surface area contributed by atoms with E-state index in [2.05, 4.69) is 35.7 Å². The minimum atomic E-state index is -0.450. The molecule has 0 saturated heterocycles. The Bertz CT molecular complexity index is 859. The fourth-order valence-corrected chi connectivity index (χ4v) is 4.54. The van der Waals surface area contributed by atoms with Crippen molar-refractivity contribution >= 4 is 22.7 Å². The first-order valence-corrected chi connectivity index (χ1v) is 9.49. The van der Waals surface area contributed by atoms with Crippen molar-refractivity contribution in [2.24, 2.45) is 10.7 Å². The van der Waals surface area contributed by atoms with Crippen molar-refractivity contribution in [2.75, 3.05) is 0 Å². The fourth-order valence-electron chi connectivity index (χ4n) is 3.38. The Kier molecular flexibility index (Phi) is 4.92. The number of aliphatic imine (C=N–C) groups is 1. The molecule has 0 aromatic carbocycles. The summed E-state index contributed by atoms with van der Waals surface area (Å²) in [5.41, 5.74) is 7.76. The quantitative estimate of drug-likeness (QED) is 0.807. The van der Waals surface area contributed by atoms with Crippen molar-refractivity contribution in [2.45, 2.75) is 57.2 Å². The SMILES string of the molecule is CCc1nc(C(=O)Cc2cncc([C@]3(C)CC(C)(C)SC(N)=N3)c2)co1. The van der Waals surface area contributed by atoms with E-state index in [0.717, 1.165) is 17.5 Å². The minimum absolute atomic E-state index is 0.0102. The molecule has 138 valence electrons. The summed E-state index contributed by atoms with van der Waals surface area (Å²) in [4.78, 5) is 25.7. The van der Waals surface area contributed by atoms with Crippen molar-refractivity contribution in [1.29, 1.82) is 0 Å². The van der Waals surface area contributed by atoms with Gasteiger partial charge in [-0.05, 0) is 30.5 Å². The molecular formula is C19H24N4O2S. The number of carbonyl (C=O) groups excluding carboxylic acids is 1. The number of hydrogen-bond acceptors (Lipinski definition) is 7. The first kappa shape index (κ1) is 18.6. The second-order valence-electron chi connectivity index (χ2n) is 7.42. The summed E-state index contributed by atoms with van der Waals surface area (Å²) in [6, 6.07) is 1.99. The molecule has 1 atom stereocenters. The lowest BCUT2D eigenvalue weighted by Gasteiger charge is -2.39. The number of Topliss-reactive ketones (excluding diaryl/α,β-unsaturated/α-hetero) is 1. The van der Waals surface area contributed by atoms with E-state index in [-0.39, 0.29) is 17.0 Å². The zero-order chi connectivity index (χ0) is 18.9. The van der Waals surface area contributed by atoms with E-state index < -0.39 is 5.54 Å². The summed E-state index contributed by atoms with van der Waals surface area (Å²) in [6.45, 7) is 8.32. The van der Waals surface area contributed by atoms with Gasteiger partial charge in [-0.25, -0.2) is 4.98 Å². The number of ketones is 1. The van der Waals surface area contributed by atoms with E-state index in [1.54, 1.807) is 18.0 Å². The lowest BCUT2D eigenvalue weighted by atomic mass is 9.84. The van der Waals surface area contributed by atoms with E-state index in [0.29, 0.717) is 23.2 Å². The van der Waals surface area contributed by atoms with Crippen LogP contribution in [0.3, 0.4) is 0 Å². The zero-order valence-electron chi connectivity index (χ0n) is 15.6. The van der Waals surface area contributed by atoms with Crippen molar-refractivity contribution in [3.63, 3.8) is 0 Å². The molecule has 0 aliphatic carbocycles. The Morgan fingerprint density at radius 3 is 2.77 bits per heavy atom. The number of rotatable bonds is 5. The van der Waals surface area contributed by atoms with Gasteiger partial charge in [-0.2, -0.15) is 0 Å². The summed E-state index contributed by atoms with van der Waals surface area (Å²) in [7, 11) is 0. The molecule has 2 aromatic heterocycles. The molecule has 1 aliphatic heterocycles. The van der Waals surface area contributed by atoms with Gasteiger partial charge in [0.1, 0.15) is 12.0 Å². The third kappa shape index (κ3) is 3.98. The number of aromatic nitrogens is 2. The molecule has 0 bridgehead atoms. The van der Waals surface area contributed by atoms with Crippen LogP contribution in [0.25, 0.3) is 0 Å². The minimum Gasteiger partial charge on any atom is -0.448 e. The predicted octanol–water partition coefficient (Wildman–Crippen LogP) is 3.50. The number of nitrogens with zero attached hydrogens (tertiary/aromatic N) is 3. The monoisotopic (exact) mass is 372 g/mol. The third-order valence-corrected chi connectivity index (χ3v) is 5.43. The van der Waals surface area contributed by atoms with Gasteiger partial charge < -0.3 is 10.2 Å². The van der Waals surface area contributed by atoms with Gasteiger partial charge >= 0.3 is 0 Å². The molecule has 0 unspecified atom stereocenters. The normalized spacial score (nSPS) is 22.1. The van der Waals surface area contributed by atoms with Crippen LogP contribution < -0.4 is 5.73 Å². The van der Waals surface area contributed by atoms with Crippen LogP contribution in [-0.2, 0) is 18.4 Å². The van der Waals surface area contributed by atoms with Gasteiger partial charge in [-0.15, -0.1) is 0 Å². The van der Waals surface area contributed by atoms with Crippen LogP contribution in [0.2, 0.25) is 0 Å². The number of nitrogens with two attached hydrogens (primary N) is 1. The lowest BCUT2D eigenvalue weighted by molar-refractivity contribution is 0.0988. The first-order valence-electron chi connectivity index (χ1n) is 8.67. The molecule has 1 aliphatic rings. The van der Waals surface area contributed by atoms with Gasteiger partial charge in [0.25, 0.3) is 0 Å². The number of aryl methyl sites for hydroxylation is 1. The number of carbonyl (C=O) groups is 1. The van der Waals surface area contributed by atoms with E-state index in [4.69, 9.17) is 10.2 Å². The van der Waals surface area contributed by atoms with Gasteiger partial charge in [0.05, 0.1) is 5.54 Å². The smallest absolute Gasteiger partial charge is 0.194 e. The molecule has 6 nitrogen and oxygen atoms in total. The molecule has 0 fully saturated rings. The van der Waals surface area contributed by atoms with Crippen LogP contribution in [0.4, 0.5) is 0 Å². The highest BCUT2D eigenvalue weighted by molar-refractivity contribution is 8.15. The van der Waals surface area contributed by atoms with E-state index in [1.807, 2.05) is 19.2 Å². The van der Waals surface area contributed by atoms with Gasteiger partial charge in [-0.1, -0.05) is 32.5 Å². The number of hydrogen-bond donors (Lipinski definition) is 1. The van der Waals surface area contributed by atoms with Crippen LogP contribution in [0.5, 0.6) is 0 Å². The number of amidine groups is 1. The lowest BCUT2D eigenvalue weighted by Crippen LogP contribution is -2.38. The highest BCUT2D eigenvalue weighted by Crippen LogP contribution is 2.44. The van der Waals surface area contributed by atoms with Crippen LogP contribution in [0.15, 0.2) is 34.1 Å². The summed E-state index contributed by atoms with van der Waals surface area (Å²) < 4.78 is 5.25. The van der Waals surface area contributed by atoms with Crippen LogP contribution in [-0.4, -0.2) is 25.7 Å². The van der Waals surface area contributed by atoms with Crippen molar-refractivity contribution in [1.82, 2.24) is 9.97 Å². The fraction of sp³-hybridized carbons (Fsp3) is 0.474. The maximum atomic E-state index is 12.5. The maximum absolute atomic E-state index is 12.5. The first-order chi connectivity index (χ1) is 12.2. The number of pyridine rings is 1. The molecule has 26 heavy (non-hydrogen) atoms. The molecule has 2 aromatic rings.